The predicted octanol–water partition coefficient (Wildman–Crippen LogP) is 2.39. The molecule has 2 amide bonds. The Morgan fingerprint density at radius 1 is 0.900 bits per heavy atom. The Morgan fingerprint density at radius 2 is 1.63 bits per heavy atom. The second-order valence-corrected chi connectivity index (χ2v) is 8.51. The van der Waals surface area contributed by atoms with Gasteiger partial charge in [0, 0.05) is 31.0 Å². The molecule has 0 bridgehead atoms. The molecule has 0 aromatic heterocycles. The third kappa shape index (κ3) is 3.25. The number of benzene rings is 2. The molecule has 2 fully saturated rings. The van der Waals surface area contributed by atoms with Gasteiger partial charge in [-0.3, -0.25) is 9.59 Å². The number of anilines is 2. The summed E-state index contributed by atoms with van der Waals surface area (Å²) < 4.78 is 0. The zero-order chi connectivity index (χ0) is 20.6. The van der Waals surface area contributed by atoms with E-state index in [2.05, 4.69) is 27.2 Å². The van der Waals surface area contributed by atoms with Crippen LogP contribution in [0.3, 0.4) is 0 Å². The predicted molar refractivity (Wildman–Crippen MR) is 117 cm³/mol. The van der Waals surface area contributed by atoms with Crippen molar-refractivity contribution in [2.45, 2.75) is 31.2 Å². The Kier molecular flexibility index (Phi) is 4.95. The van der Waals surface area contributed by atoms with E-state index in [4.69, 9.17) is 0 Å². The fourth-order valence-corrected chi connectivity index (χ4v) is 5.19. The molecule has 2 aromatic rings. The average Bonchev–Trinajstić information content (AvgIpc) is 3.27. The zero-order valence-electron chi connectivity index (χ0n) is 17.2. The zero-order valence-corrected chi connectivity index (χ0v) is 17.2. The summed E-state index contributed by atoms with van der Waals surface area (Å²) in [6.07, 6.45) is 3.13. The van der Waals surface area contributed by atoms with Crippen LogP contribution in [0.2, 0.25) is 0 Å². The van der Waals surface area contributed by atoms with Gasteiger partial charge in [0.15, 0.2) is 0 Å². The molecule has 5 rings (SSSR count). The molecular formula is C24H28N4O2. The summed E-state index contributed by atoms with van der Waals surface area (Å²) in [4.78, 5) is 31.7. The van der Waals surface area contributed by atoms with Crippen LogP contribution < -0.4 is 15.1 Å². The van der Waals surface area contributed by atoms with Crippen LogP contribution in [0.4, 0.5) is 11.4 Å². The summed E-state index contributed by atoms with van der Waals surface area (Å²) >= 11 is 0. The van der Waals surface area contributed by atoms with E-state index in [0.29, 0.717) is 13.1 Å². The molecule has 156 valence electrons. The maximum absolute atomic E-state index is 12.8. The Balaban J connectivity index is 1.18. The van der Waals surface area contributed by atoms with Gasteiger partial charge in [0.2, 0.25) is 11.8 Å². The van der Waals surface area contributed by atoms with Crippen molar-refractivity contribution >= 4 is 23.2 Å². The maximum atomic E-state index is 12.8. The van der Waals surface area contributed by atoms with Crippen molar-refractivity contribution < 1.29 is 9.59 Å². The molecule has 6 nitrogen and oxygen atoms in total. The van der Waals surface area contributed by atoms with Gasteiger partial charge in [0.05, 0.1) is 13.1 Å². The number of likely N-dealkylation sites (tertiary alicyclic amines) is 1. The van der Waals surface area contributed by atoms with E-state index >= 15 is 0 Å². The summed E-state index contributed by atoms with van der Waals surface area (Å²) in [5.41, 5.74) is 2.88. The molecule has 3 aliphatic rings. The van der Waals surface area contributed by atoms with Crippen LogP contribution in [0, 0.1) is 0 Å². The first-order valence-corrected chi connectivity index (χ1v) is 10.9. The van der Waals surface area contributed by atoms with Crippen LogP contribution in [0.1, 0.15) is 24.8 Å². The van der Waals surface area contributed by atoms with Gasteiger partial charge in [-0.25, -0.2) is 0 Å². The van der Waals surface area contributed by atoms with Crippen molar-refractivity contribution in [2.75, 3.05) is 42.6 Å². The minimum Gasteiger partial charge on any atom is -0.339 e. The quantitative estimate of drug-likeness (QED) is 0.832. The summed E-state index contributed by atoms with van der Waals surface area (Å²) in [6, 6.07) is 18.3. The van der Waals surface area contributed by atoms with E-state index in [1.54, 1.807) is 0 Å². The van der Waals surface area contributed by atoms with Gasteiger partial charge >= 0.3 is 0 Å². The van der Waals surface area contributed by atoms with Crippen LogP contribution in [0.25, 0.3) is 0 Å². The van der Waals surface area contributed by atoms with Gasteiger partial charge in [-0.15, -0.1) is 0 Å². The first-order valence-electron chi connectivity index (χ1n) is 10.9. The van der Waals surface area contributed by atoms with E-state index < -0.39 is 5.54 Å². The van der Waals surface area contributed by atoms with Crippen LogP contribution in [0.15, 0.2) is 54.6 Å². The smallest absolute Gasteiger partial charge is 0.247 e. The minimum atomic E-state index is -0.429. The van der Waals surface area contributed by atoms with Crippen LogP contribution in [-0.4, -0.2) is 55.1 Å². The number of rotatable bonds is 5. The normalized spacial score (nSPS) is 20.7. The standard InChI is InChI=1S/C24H28N4O2/c29-22-17-19-7-4-5-10-21(19)27(22)14-6-13-26-15-11-24(12-16-26)23(30)25-18-28(24)20-8-2-1-3-9-20/h1-5,7-10H,6,11-18H2,(H,25,30). The molecule has 6 heteroatoms. The monoisotopic (exact) mass is 404 g/mol. The number of hydrogen-bond donors (Lipinski definition) is 1. The lowest BCUT2D eigenvalue weighted by Gasteiger charge is -2.43. The molecule has 0 unspecified atom stereocenters. The molecule has 1 spiro atoms. The molecule has 0 saturated carbocycles. The molecular weight excluding hydrogens is 376 g/mol. The van der Waals surface area contributed by atoms with Crippen molar-refractivity contribution in [3.05, 3.63) is 60.2 Å². The van der Waals surface area contributed by atoms with Crippen LogP contribution in [-0.2, 0) is 16.0 Å². The first-order chi connectivity index (χ1) is 14.7. The van der Waals surface area contributed by atoms with E-state index in [1.807, 2.05) is 47.4 Å². The molecule has 3 heterocycles. The van der Waals surface area contributed by atoms with Gasteiger partial charge in [-0.05, 0) is 49.6 Å². The summed E-state index contributed by atoms with van der Waals surface area (Å²) in [5, 5.41) is 3.06. The fraction of sp³-hybridized carbons (Fsp3) is 0.417. The average molecular weight is 405 g/mol. The number of carbonyl (C=O) groups excluding carboxylic acids is 2. The molecule has 1 N–H and O–H groups in total. The Hall–Kier alpha value is -2.86. The summed E-state index contributed by atoms with van der Waals surface area (Å²) in [7, 11) is 0. The summed E-state index contributed by atoms with van der Waals surface area (Å²) in [5.74, 6) is 0.361. The second kappa shape index (κ2) is 7.76. The Bertz CT molecular complexity index is 937. The highest BCUT2D eigenvalue weighted by Crippen LogP contribution is 2.36. The molecule has 3 aliphatic heterocycles. The fourth-order valence-electron chi connectivity index (χ4n) is 5.19. The number of para-hydroxylation sites is 2. The highest BCUT2D eigenvalue weighted by molar-refractivity contribution is 6.01. The highest BCUT2D eigenvalue weighted by Gasteiger charge is 2.50. The number of carbonyl (C=O) groups is 2. The molecule has 0 radical (unpaired) electrons. The van der Waals surface area contributed by atoms with Crippen molar-refractivity contribution in [3.63, 3.8) is 0 Å². The number of nitrogens with one attached hydrogen (secondary N) is 1. The second-order valence-electron chi connectivity index (χ2n) is 8.51. The van der Waals surface area contributed by atoms with E-state index in [1.165, 1.54) is 0 Å². The van der Waals surface area contributed by atoms with E-state index in [-0.39, 0.29) is 11.8 Å². The lowest BCUT2D eigenvalue weighted by Crippen LogP contribution is -2.56. The Morgan fingerprint density at radius 3 is 2.43 bits per heavy atom. The van der Waals surface area contributed by atoms with E-state index in [9.17, 15) is 9.59 Å². The minimum absolute atomic E-state index is 0.158. The Labute approximate surface area is 177 Å². The van der Waals surface area contributed by atoms with Crippen LogP contribution >= 0.6 is 0 Å². The number of amides is 2. The molecule has 2 aromatic carbocycles. The van der Waals surface area contributed by atoms with Gasteiger partial charge in [-0.1, -0.05) is 36.4 Å². The first kappa shape index (κ1) is 19.1. The van der Waals surface area contributed by atoms with Gasteiger partial charge in [0.25, 0.3) is 0 Å². The van der Waals surface area contributed by atoms with Gasteiger partial charge in [0.1, 0.15) is 5.54 Å². The number of hydrogen-bond acceptors (Lipinski definition) is 4. The van der Waals surface area contributed by atoms with Crippen molar-refractivity contribution in [2.24, 2.45) is 0 Å². The van der Waals surface area contributed by atoms with E-state index in [0.717, 1.165) is 62.4 Å². The molecule has 2 saturated heterocycles. The molecule has 30 heavy (non-hydrogen) atoms. The summed E-state index contributed by atoms with van der Waals surface area (Å²) in [6.45, 7) is 4.10. The molecule has 0 aliphatic carbocycles. The maximum Gasteiger partial charge on any atom is 0.247 e. The number of piperidine rings is 1. The number of fused-ring (bicyclic) bond motifs is 1. The van der Waals surface area contributed by atoms with Crippen molar-refractivity contribution in [3.8, 4) is 0 Å². The largest absolute Gasteiger partial charge is 0.339 e. The van der Waals surface area contributed by atoms with Gasteiger partial charge < -0.3 is 20.0 Å². The highest BCUT2D eigenvalue weighted by atomic mass is 16.2. The van der Waals surface area contributed by atoms with Gasteiger partial charge in [-0.2, -0.15) is 0 Å². The lowest BCUT2D eigenvalue weighted by molar-refractivity contribution is -0.125. The van der Waals surface area contributed by atoms with Crippen molar-refractivity contribution in [1.29, 1.82) is 0 Å². The van der Waals surface area contributed by atoms with Crippen LogP contribution in [0.5, 0.6) is 0 Å². The molecule has 0 atom stereocenters. The third-order valence-corrected chi connectivity index (χ3v) is 6.87. The SMILES string of the molecule is O=C1Cc2ccccc2N1CCCN1CCC2(CC1)C(=O)NCN2c1ccccc1. The topological polar surface area (TPSA) is 55.9 Å². The third-order valence-electron chi connectivity index (χ3n) is 6.87. The van der Waals surface area contributed by atoms with Crippen molar-refractivity contribution in [1.82, 2.24) is 10.2 Å². The lowest BCUT2D eigenvalue weighted by atomic mass is 9.85. The number of nitrogens with zero attached hydrogens (tertiary/aromatic N) is 3.